The zero-order valence-electron chi connectivity index (χ0n) is 12.7. The van der Waals surface area contributed by atoms with Gasteiger partial charge in [-0.15, -0.1) is 10.2 Å². The van der Waals surface area contributed by atoms with Crippen LogP contribution in [0.2, 0.25) is 0 Å². The Labute approximate surface area is 124 Å². The van der Waals surface area contributed by atoms with Gasteiger partial charge in [-0.1, -0.05) is 6.92 Å². The maximum atomic E-state index is 5.68. The van der Waals surface area contributed by atoms with Crippen LogP contribution in [0.4, 0.5) is 0 Å². The second kappa shape index (κ2) is 7.64. The van der Waals surface area contributed by atoms with Crippen molar-refractivity contribution in [1.29, 1.82) is 0 Å². The molecule has 0 spiro atoms. The van der Waals surface area contributed by atoms with Gasteiger partial charge in [0.05, 0.1) is 14.2 Å². The SMILES string of the molecule is CCCNCCc1nnc(-c2cc(OC)cc(OC)c2)o1. The number of ether oxygens (including phenoxy) is 2. The Hall–Kier alpha value is -2.08. The van der Waals surface area contributed by atoms with E-state index in [0.717, 1.165) is 25.1 Å². The fourth-order valence-corrected chi connectivity index (χ4v) is 1.90. The summed E-state index contributed by atoms with van der Waals surface area (Å²) in [4.78, 5) is 0. The number of hydrogen-bond acceptors (Lipinski definition) is 6. The molecule has 0 aliphatic carbocycles. The molecule has 0 saturated carbocycles. The van der Waals surface area contributed by atoms with Crippen molar-refractivity contribution >= 4 is 0 Å². The molecule has 0 atom stereocenters. The highest BCUT2D eigenvalue weighted by Gasteiger charge is 2.11. The topological polar surface area (TPSA) is 69.4 Å². The first-order valence-corrected chi connectivity index (χ1v) is 7.03. The molecule has 0 unspecified atom stereocenters. The van der Waals surface area contributed by atoms with E-state index < -0.39 is 0 Å². The summed E-state index contributed by atoms with van der Waals surface area (Å²) in [7, 11) is 3.22. The van der Waals surface area contributed by atoms with E-state index in [9.17, 15) is 0 Å². The lowest BCUT2D eigenvalue weighted by atomic mass is 10.2. The van der Waals surface area contributed by atoms with Crippen LogP contribution in [-0.2, 0) is 6.42 Å². The molecule has 0 saturated heterocycles. The van der Waals surface area contributed by atoms with E-state index >= 15 is 0 Å². The van der Waals surface area contributed by atoms with E-state index in [2.05, 4.69) is 22.4 Å². The molecule has 2 aromatic rings. The number of nitrogens with one attached hydrogen (secondary N) is 1. The molecule has 0 aliphatic rings. The van der Waals surface area contributed by atoms with E-state index in [1.54, 1.807) is 20.3 Å². The van der Waals surface area contributed by atoms with E-state index in [-0.39, 0.29) is 0 Å². The third-order valence-electron chi connectivity index (χ3n) is 3.01. The van der Waals surface area contributed by atoms with Gasteiger partial charge < -0.3 is 19.2 Å². The first kappa shape index (κ1) is 15.3. The highest BCUT2D eigenvalue weighted by molar-refractivity contribution is 5.59. The van der Waals surface area contributed by atoms with E-state index in [1.165, 1.54) is 0 Å². The molecule has 114 valence electrons. The van der Waals surface area contributed by atoms with Gasteiger partial charge >= 0.3 is 0 Å². The Morgan fingerprint density at radius 2 is 1.76 bits per heavy atom. The zero-order chi connectivity index (χ0) is 15.1. The van der Waals surface area contributed by atoms with E-state index in [4.69, 9.17) is 13.9 Å². The van der Waals surface area contributed by atoms with Crippen molar-refractivity contribution in [3.8, 4) is 23.0 Å². The second-order valence-corrected chi connectivity index (χ2v) is 4.60. The number of benzene rings is 1. The third kappa shape index (κ3) is 4.19. The summed E-state index contributed by atoms with van der Waals surface area (Å²) in [6.45, 7) is 3.96. The Morgan fingerprint density at radius 1 is 1.05 bits per heavy atom. The fourth-order valence-electron chi connectivity index (χ4n) is 1.90. The lowest BCUT2D eigenvalue weighted by Gasteiger charge is -2.05. The molecule has 1 N–H and O–H groups in total. The minimum atomic E-state index is 0.470. The van der Waals surface area contributed by atoms with Crippen LogP contribution in [0.15, 0.2) is 22.6 Å². The Balaban J connectivity index is 2.09. The predicted molar refractivity (Wildman–Crippen MR) is 79.7 cm³/mol. The molecule has 1 aromatic carbocycles. The smallest absolute Gasteiger partial charge is 0.248 e. The lowest BCUT2D eigenvalue weighted by molar-refractivity contribution is 0.394. The van der Waals surface area contributed by atoms with Crippen molar-refractivity contribution < 1.29 is 13.9 Å². The van der Waals surface area contributed by atoms with Gasteiger partial charge in [0.1, 0.15) is 11.5 Å². The summed E-state index contributed by atoms with van der Waals surface area (Å²) in [5.41, 5.74) is 0.784. The van der Waals surface area contributed by atoms with Crippen LogP contribution >= 0.6 is 0 Å². The summed E-state index contributed by atoms with van der Waals surface area (Å²) in [6, 6.07) is 5.49. The first-order valence-electron chi connectivity index (χ1n) is 7.03. The van der Waals surface area contributed by atoms with Crippen LogP contribution < -0.4 is 14.8 Å². The van der Waals surface area contributed by atoms with Gasteiger partial charge in [0, 0.05) is 24.6 Å². The van der Waals surface area contributed by atoms with Crippen molar-refractivity contribution in [2.24, 2.45) is 0 Å². The zero-order valence-corrected chi connectivity index (χ0v) is 12.7. The molecule has 0 amide bonds. The number of hydrogen-bond donors (Lipinski definition) is 1. The molecule has 1 heterocycles. The number of rotatable bonds is 8. The molecule has 6 nitrogen and oxygen atoms in total. The molecular weight excluding hydrogens is 270 g/mol. The van der Waals surface area contributed by atoms with Crippen molar-refractivity contribution in [3.63, 3.8) is 0 Å². The monoisotopic (exact) mass is 291 g/mol. The highest BCUT2D eigenvalue weighted by atomic mass is 16.5. The number of aromatic nitrogens is 2. The second-order valence-electron chi connectivity index (χ2n) is 4.60. The minimum Gasteiger partial charge on any atom is -0.497 e. The Kier molecular flexibility index (Phi) is 5.57. The highest BCUT2D eigenvalue weighted by Crippen LogP contribution is 2.28. The van der Waals surface area contributed by atoms with Gasteiger partial charge in [-0.05, 0) is 25.1 Å². The number of nitrogens with zero attached hydrogens (tertiary/aromatic N) is 2. The summed E-state index contributed by atoms with van der Waals surface area (Å²) < 4.78 is 16.2. The summed E-state index contributed by atoms with van der Waals surface area (Å²) >= 11 is 0. The molecule has 0 fully saturated rings. The average Bonchev–Trinajstić information content (AvgIpc) is 3.00. The molecular formula is C15H21N3O3. The maximum absolute atomic E-state index is 5.68. The van der Waals surface area contributed by atoms with Crippen LogP contribution in [0, 0.1) is 0 Å². The normalized spacial score (nSPS) is 10.6. The summed E-state index contributed by atoms with van der Waals surface area (Å²) in [5, 5.41) is 11.4. The minimum absolute atomic E-state index is 0.470. The molecule has 21 heavy (non-hydrogen) atoms. The van der Waals surface area contributed by atoms with Crippen LogP contribution in [-0.4, -0.2) is 37.5 Å². The van der Waals surface area contributed by atoms with Crippen LogP contribution in [0.3, 0.4) is 0 Å². The van der Waals surface area contributed by atoms with E-state index in [1.807, 2.05) is 12.1 Å². The molecule has 0 radical (unpaired) electrons. The quantitative estimate of drug-likeness (QED) is 0.753. The first-order chi connectivity index (χ1) is 10.3. The van der Waals surface area contributed by atoms with Crippen molar-refractivity contribution in [3.05, 3.63) is 24.1 Å². The van der Waals surface area contributed by atoms with Crippen LogP contribution in [0.5, 0.6) is 11.5 Å². The predicted octanol–water partition coefficient (Wildman–Crippen LogP) is 2.30. The molecule has 2 rings (SSSR count). The molecule has 0 bridgehead atoms. The molecule has 1 aromatic heterocycles. The summed E-state index contributed by atoms with van der Waals surface area (Å²) in [5.74, 6) is 2.47. The van der Waals surface area contributed by atoms with Gasteiger partial charge in [0.15, 0.2) is 0 Å². The number of methoxy groups -OCH3 is 2. The largest absolute Gasteiger partial charge is 0.497 e. The van der Waals surface area contributed by atoms with Gasteiger partial charge in [-0.25, -0.2) is 0 Å². The summed E-state index contributed by atoms with van der Waals surface area (Å²) in [6.07, 6.45) is 1.83. The standard InChI is InChI=1S/C15H21N3O3/c1-4-6-16-7-5-14-17-18-15(21-14)11-8-12(19-2)10-13(9-11)20-3/h8-10,16H,4-7H2,1-3H3. The van der Waals surface area contributed by atoms with Gasteiger partial charge in [-0.2, -0.15) is 0 Å². The van der Waals surface area contributed by atoms with E-state index in [0.29, 0.717) is 29.7 Å². The lowest BCUT2D eigenvalue weighted by Crippen LogP contribution is -2.17. The average molecular weight is 291 g/mol. The molecule has 0 aliphatic heterocycles. The van der Waals surface area contributed by atoms with Gasteiger partial charge in [0.25, 0.3) is 0 Å². The fraction of sp³-hybridized carbons (Fsp3) is 0.467. The van der Waals surface area contributed by atoms with Crippen LogP contribution in [0.25, 0.3) is 11.5 Å². The van der Waals surface area contributed by atoms with Crippen LogP contribution in [0.1, 0.15) is 19.2 Å². The van der Waals surface area contributed by atoms with Gasteiger partial charge in [-0.3, -0.25) is 0 Å². The third-order valence-corrected chi connectivity index (χ3v) is 3.01. The Morgan fingerprint density at radius 3 is 2.38 bits per heavy atom. The van der Waals surface area contributed by atoms with Crippen molar-refractivity contribution in [1.82, 2.24) is 15.5 Å². The molecule has 6 heteroatoms. The Bertz CT molecular complexity index is 547. The van der Waals surface area contributed by atoms with Crippen molar-refractivity contribution in [2.45, 2.75) is 19.8 Å². The maximum Gasteiger partial charge on any atom is 0.248 e. The van der Waals surface area contributed by atoms with Gasteiger partial charge in [0.2, 0.25) is 11.8 Å². The van der Waals surface area contributed by atoms with Crippen molar-refractivity contribution in [2.75, 3.05) is 27.3 Å².